The Balaban J connectivity index is 1.71. The normalized spacial score (nSPS) is 11.5. The van der Waals surface area contributed by atoms with Crippen LogP contribution in [0.3, 0.4) is 0 Å². The summed E-state index contributed by atoms with van der Waals surface area (Å²) in [5.74, 6) is 0.366. The highest BCUT2D eigenvalue weighted by Crippen LogP contribution is 2.31. The number of aryl methyl sites for hydroxylation is 3. The number of hydrogen-bond donors (Lipinski definition) is 1. The Morgan fingerprint density at radius 1 is 1.13 bits per heavy atom. The van der Waals surface area contributed by atoms with Crippen LogP contribution < -0.4 is 4.74 Å². The molecule has 0 saturated carbocycles. The van der Waals surface area contributed by atoms with Crippen molar-refractivity contribution in [2.45, 2.75) is 39.5 Å². The van der Waals surface area contributed by atoms with E-state index in [1.54, 1.807) is 19.1 Å². The van der Waals surface area contributed by atoms with Gasteiger partial charge in [-0.05, 0) is 67.8 Å². The lowest BCUT2D eigenvalue weighted by Crippen LogP contribution is -2.03. The molecule has 5 nitrogen and oxygen atoms in total. The van der Waals surface area contributed by atoms with Gasteiger partial charge in [-0.1, -0.05) is 6.07 Å². The number of hydrogen-bond acceptors (Lipinski definition) is 4. The summed E-state index contributed by atoms with van der Waals surface area (Å²) in [6, 6.07) is 10.0. The second-order valence-corrected chi connectivity index (χ2v) is 6.87. The van der Waals surface area contributed by atoms with Gasteiger partial charge in [0.15, 0.2) is 5.76 Å². The third-order valence-electron chi connectivity index (χ3n) is 4.65. The molecule has 0 unspecified atom stereocenters. The maximum Gasteiger partial charge on any atom is 0.416 e. The minimum absolute atomic E-state index is 0.0298. The highest BCUT2D eigenvalue weighted by molar-refractivity contribution is 5.67. The van der Waals surface area contributed by atoms with Crippen LogP contribution in [0.15, 0.2) is 46.9 Å². The molecule has 0 bridgehead atoms. The van der Waals surface area contributed by atoms with Crippen molar-refractivity contribution in [3.05, 3.63) is 70.6 Å². The SMILES string of the molecule is Cc1ccc(OCc2oc(-c3ccc(C(F)(F)F)cc3)nc2C)cc1CCC(=O)O. The molecule has 0 radical (unpaired) electrons. The fraction of sp³-hybridized carbons (Fsp3) is 0.273. The van der Waals surface area contributed by atoms with Gasteiger partial charge in [-0.25, -0.2) is 4.98 Å². The fourth-order valence-corrected chi connectivity index (χ4v) is 2.88. The highest BCUT2D eigenvalue weighted by Gasteiger charge is 2.30. The van der Waals surface area contributed by atoms with E-state index in [1.165, 1.54) is 12.1 Å². The Labute approximate surface area is 171 Å². The number of carboxylic acids is 1. The Morgan fingerprint density at radius 3 is 2.47 bits per heavy atom. The lowest BCUT2D eigenvalue weighted by molar-refractivity contribution is -0.138. The molecular weight excluding hydrogens is 399 g/mol. The third-order valence-corrected chi connectivity index (χ3v) is 4.65. The number of benzene rings is 2. The fourth-order valence-electron chi connectivity index (χ4n) is 2.88. The van der Waals surface area contributed by atoms with Gasteiger partial charge >= 0.3 is 12.1 Å². The zero-order valence-corrected chi connectivity index (χ0v) is 16.4. The molecule has 30 heavy (non-hydrogen) atoms. The van der Waals surface area contributed by atoms with Crippen LogP contribution in [0.2, 0.25) is 0 Å². The molecule has 3 aromatic rings. The maximum absolute atomic E-state index is 12.7. The number of rotatable bonds is 7. The predicted molar refractivity (Wildman–Crippen MR) is 103 cm³/mol. The van der Waals surface area contributed by atoms with Crippen molar-refractivity contribution >= 4 is 5.97 Å². The minimum atomic E-state index is -4.40. The van der Waals surface area contributed by atoms with Gasteiger partial charge in [0.25, 0.3) is 0 Å². The molecule has 0 fully saturated rings. The van der Waals surface area contributed by atoms with Crippen molar-refractivity contribution in [3.8, 4) is 17.2 Å². The van der Waals surface area contributed by atoms with E-state index >= 15 is 0 Å². The number of ether oxygens (including phenoxy) is 1. The summed E-state index contributed by atoms with van der Waals surface area (Å²) in [5.41, 5.74) is 2.13. The van der Waals surface area contributed by atoms with Crippen LogP contribution in [-0.4, -0.2) is 16.1 Å². The molecular formula is C22H20F3NO4. The summed E-state index contributed by atoms with van der Waals surface area (Å²) in [7, 11) is 0. The molecule has 0 amide bonds. The van der Waals surface area contributed by atoms with E-state index < -0.39 is 17.7 Å². The molecule has 3 rings (SSSR count). The van der Waals surface area contributed by atoms with Gasteiger partial charge in [-0.3, -0.25) is 4.79 Å². The van der Waals surface area contributed by atoms with E-state index in [9.17, 15) is 18.0 Å². The predicted octanol–water partition coefficient (Wildman–Crippen LogP) is 5.57. The zero-order valence-electron chi connectivity index (χ0n) is 16.4. The number of oxazole rings is 1. The minimum Gasteiger partial charge on any atom is -0.486 e. The van der Waals surface area contributed by atoms with Crippen LogP contribution in [0.4, 0.5) is 13.2 Å². The van der Waals surface area contributed by atoms with E-state index in [0.29, 0.717) is 29.2 Å². The number of carboxylic acid groups (broad SMARTS) is 1. The van der Waals surface area contributed by atoms with E-state index in [2.05, 4.69) is 4.98 Å². The van der Waals surface area contributed by atoms with Crippen molar-refractivity contribution in [2.75, 3.05) is 0 Å². The molecule has 0 aliphatic carbocycles. The van der Waals surface area contributed by atoms with Crippen LogP contribution in [0.5, 0.6) is 5.75 Å². The second kappa shape index (κ2) is 8.61. The van der Waals surface area contributed by atoms with Gasteiger partial charge in [0.1, 0.15) is 12.4 Å². The number of aliphatic carboxylic acids is 1. The van der Waals surface area contributed by atoms with Gasteiger partial charge in [0.05, 0.1) is 11.3 Å². The molecule has 1 aromatic heterocycles. The largest absolute Gasteiger partial charge is 0.486 e. The van der Waals surface area contributed by atoms with Gasteiger partial charge in [-0.2, -0.15) is 13.2 Å². The van der Waals surface area contributed by atoms with Crippen LogP contribution in [0.1, 0.15) is 34.6 Å². The summed E-state index contributed by atoms with van der Waals surface area (Å²) in [6.07, 6.45) is -3.97. The Hall–Kier alpha value is -3.29. The highest BCUT2D eigenvalue weighted by atomic mass is 19.4. The number of carbonyl (C=O) groups is 1. The number of halogens is 3. The topological polar surface area (TPSA) is 72.6 Å². The monoisotopic (exact) mass is 419 g/mol. The Kier molecular flexibility index (Phi) is 6.14. The quantitative estimate of drug-likeness (QED) is 0.542. The molecule has 2 aromatic carbocycles. The summed E-state index contributed by atoms with van der Waals surface area (Å²) < 4.78 is 49.6. The van der Waals surface area contributed by atoms with Crippen molar-refractivity contribution in [1.82, 2.24) is 4.98 Å². The summed E-state index contributed by atoms with van der Waals surface area (Å²) in [6.45, 7) is 3.71. The number of nitrogens with zero attached hydrogens (tertiary/aromatic N) is 1. The first kappa shape index (κ1) is 21.4. The maximum atomic E-state index is 12.7. The van der Waals surface area contributed by atoms with Crippen LogP contribution >= 0.6 is 0 Å². The lowest BCUT2D eigenvalue weighted by Gasteiger charge is -2.09. The average Bonchev–Trinajstić information content (AvgIpc) is 3.06. The van der Waals surface area contributed by atoms with E-state index in [0.717, 1.165) is 23.3 Å². The molecule has 0 atom stereocenters. The molecule has 0 aliphatic heterocycles. The standard InChI is InChI=1S/C22H20F3NO4/c1-13-3-9-18(11-16(13)6-10-20(27)28)29-12-19-14(2)26-21(30-19)15-4-7-17(8-5-15)22(23,24)25/h3-5,7-9,11H,6,10,12H2,1-2H3,(H,27,28). The molecule has 0 spiro atoms. The number of aromatic nitrogens is 1. The first-order valence-electron chi connectivity index (χ1n) is 9.21. The molecule has 1 heterocycles. The van der Waals surface area contributed by atoms with Crippen LogP contribution in [0, 0.1) is 13.8 Å². The number of alkyl halides is 3. The first-order chi connectivity index (χ1) is 14.1. The molecule has 158 valence electrons. The van der Waals surface area contributed by atoms with E-state index in [-0.39, 0.29) is 18.9 Å². The summed E-state index contributed by atoms with van der Waals surface area (Å²) in [4.78, 5) is 15.1. The summed E-state index contributed by atoms with van der Waals surface area (Å²) >= 11 is 0. The lowest BCUT2D eigenvalue weighted by atomic mass is 10.0. The van der Waals surface area contributed by atoms with Crippen molar-refractivity contribution in [1.29, 1.82) is 0 Å². The zero-order chi connectivity index (χ0) is 21.9. The van der Waals surface area contributed by atoms with Crippen molar-refractivity contribution in [2.24, 2.45) is 0 Å². The summed E-state index contributed by atoms with van der Waals surface area (Å²) in [5, 5.41) is 8.86. The molecule has 0 saturated heterocycles. The van der Waals surface area contributed by atoms with Crippen LogP contribution in [0.25, 0.3) is 11.5 Å². The van der Waals surface area contributed by atoms with Crippen LogP contribution in [-0.2, 0) is 24.0 Å². The first-order valence-corrected chi connectivity index (χ1v) is 9.21. The third kappa shape index (κ3) is 5.20. The molecule has 0 aliphatic rings. The van der Waals surface area contributed by atoms with E-state index in [1.807, 2.05) is 13.0 Å². The van der Waals surface area contributed by atoms with Crippen molar-refractivity contribution < 1.29 is 32.2 Å². The smallest absolute Gasteiger partial charge is 0.416 e. The average molecular weight is 419 g/mol. The van der Waals surface area contributed by atoms with Gasteiger partial charge in [-0.15, -0.1) is 0 Å². The van der Waals surface area contributed by atoms with E-state index in [4.69, 9.17) is 14.3 Å². The molecule has 8 heteroatoms. The Morgan fingerprint density at radius 2 is 1.83 bits per heavy atom. The second-order valence-electron chi connectivity index (χ2n) is 6.87. The van der Waals surface area contributed by atoms with Gasteiger partial charge in [0.2, 0.25) is 5.89 Å². The van der Waals surface area contributed by atoms with Gasteiger partial charge < -0.3 is 14.3 Å². The Bertz CT molecular complexity index is 1040. The molecule has 1 N–H and O–H groups in total. The van der Waals surface area contributed by atoms with Gasteiger partial charge in [0, 0.05) is 12.0 Å². The van der Waals surface area contributed by atoms with Crippen molar-refractivity contribution in [3.63, 3.8) is 0 Å².